The van der Waals surface area contributed by atoms with Crippen LogP contribution in [0.25, 0.3) is 0 Å². The standard InChI is InChI=1S/C20H26FN5/c1-15-5-10-18-19(24-23-17-8-6-16(21)7-9-17)11-14-26(20(18)22-15)13-4-12-25(2)3/h5-10,23H,4,11-14H2,1-3H3/b24-19+. The van der Waals surface area contributed by atoms with Gasteiger partial charge in [-0.1, -0.05) is 0 Å². The van der Waals surface area contributed by atoms with Crippen LogP contribution in [0.3, 0.4) is 0 Å². The first-order valence-corrected chi connectivity index (χ1v) is 8.99. The predicted molar refractivity (Wildman–Crippen MR) is 106 cm³/mol. The van der Waals surface area contributed by atoms with Crippen LogP contribution in [-0.4, -0.2) is 49.3 Å². The van der Waals surface area contributed by atoms with E-state index in [0.717, 1.165) is 61.0 Å². The number of pyridine rings is 1. The smallest absolute Gasteiger partial charge is 0.138 e. The number of aromatic nitrogens is 1. The lowest BCUT2D eigenvalue weighted by Crippen LogP contribution is -2.35. The Bertz CT molecular complexity index is 770. The minimum atomic E-state index is -0.251. The molecule has 0 saturated heterocycles. The fourth-order valence-corrected chi connectivity index (χ4v) is 3.06. The SMILES string of the molecule is Cc1ccc2c(n1)N(CCCN(C)C)CC/C2=N\Nc1ccc(F)cc1. The normalized spacial score (nSPS) is 15.4. The van der Waals surface area contributed by atoms with Crippen LogP contribution in [0, 0.1) is 12.7 Å². The molecule has 0 spiro atoms. The van der Waals surface area contributed by atoms with E-state index in [4.69, 9.17) is 4.98 Å². The predicted octanol–water partition coefficient (Wildman–Crippen LogP) is 3.51. The minimum Gasteiger partial charge on any atom is -0.356 e. The van der Waals surface area contributed by atoms with Gasteiger partial charge in [-0.2, -0.15) is 5.10 Å². The highest BCUT2D eigenvalue weighted by molar-refractivity contribution is 6.06. The molecule has 1 aliphatic heterocycles. The first-order valence-electron chi connectivity index (χ1n) is 8.99. The van der Waals surface area contributed by atoms with E-state index in [1.807, 2.05) is 13.0 Å². The molecule has 1 aliphatic rings. The van der Waals surface area contributed by atoms with Gasteiger partial charge in [-0.15, -0.1) is 0 Å². The zero-order valence-electron chi connectivity index (χ0n) is 15.7. The van der Waals surface area contributed by atoms with Gasteiger partial charge in [-0.05, 0) is 70.4 Å². The lowest BCUT2D eigenvalue weighted by Gasteiger charge is -2.31. The largest absolute Gasteiger partial charge is 0.356 e. The van der Waals surface area contributed by atoms with Crippen molar-refractivity contribution in [3.8, 4) is 0 Å². The molecule has 26 heavy (non-hydrogen) atoms. The summed E-state index contributed by atoms with van der Waals surface area (Å²) in [6.07, 6.45) is 1.95. The maximum absolute atomic E-state index is 13.0. The zero-order valence-corrected chi connectivity index (χ0v) is 15.7. The maximum atomic E-state index is 13.0. The van der Waals surface area contributed by atoms with Crippen molar-refractivity contribution >= 4 is 17.2 Å². The summed E-state index contributed by atoms with van der Waals surface area (Å²) in [5, 5.41) is 4.57. The van der Waals surface area contributed by atoms with E-state index < -0.39 is 0 Å². The van der Waals surface area contributed by atoms with E-state index in [0.29, 0.717) is 0 Å². The van der Waals surface area contributed by atoms with Gasteiger partial charge in [-0.3, -0.25) is 5.43 Å². The Morgan fingerprint density at radius 1 is 1.19 bits per heavy atom. The molecular formula is C20H26FN5. The van der Waals surface area contributed by atoms with E-state index in [2.05, 4.69) is 40.5 Å². The molecule has 1 aromatic carbocycles. The minimum absolute atomic E-state index is 0.251. The van der Waals surface area contributed by atoms with E-state index in [1.165, 1.54) is 12.1 Å². The summed E-state index contributed by atoms with van der Waals surface area (Å²) in [7, 11) is 4.19. The Morgan fingerprint density at radius 2 is 1.96 bits per heavy atom. The molecule has 2 aromatic rings. The molecule has 2 heterocycles. The first-order chi connectivity index (χ1) is 12.5. The van der Waals surface area contributed by atoms with E-state index in [9.17, 15) is 4.39 Å². The lowest BCUT2D eigenvalue weighted by atomic mass is 10.0. The van der Waals surface area contributed by atoms with Gasteiger partial charge < -0.3 is 9.80 Å². The van der Waals surface area contributed by atoms with Crippen LogP contribution >= 0.6 is 0 Å². The Morgan fingerprint density at radius 3 is 2.69 bits per heavy atom. The Hall–Kier alpha value is -2.47. The number of hydrogen-bond acceptors (Lipinski definition) is 5. The average Bonchev–Trinajstić information content (AvgIpc) is 2.62. The quantitative estimate of drug-likeness (QED) is 0.806. The fourth-order valence-electron chi connectivity index (χ4n) is 3.06. The van der Waals surface area contributed by atoms with E-state index >= 15 is 0 Å². The Labute approximate surface area is 154 Å². The van der Waals surface area contributed by atoms with Crippen LogP contribution in [0.2, 0.25) is 0 Å². The highest BCUT2D eigenvalue weighted by Crippen LogP contribution is 2.26. The van der Waals surface area contributed by atoms with E-state index in [1.54, 1.807) is 12.1 Å². The number of nitrogens with one attached hydrogen (secondary N) is 1. The Kier molecular flexibility index (Phi) is 5.83. The summed E-state index contributed by atoms with van der Waals surface area (Å²) < 4.78 is 13.0. The van der Waals surface area contributed by atoms with Crippen molar-refractivity contribution in [1.82, 2.24) is 9.88 Å². The molecular weight excluding hydrogens is 329 g/mol. The molecule has 5 nitrogen and oxygen atoms in total. The summed E-state index contributed by atoms with van der Waals surface area (Å²) in [5.74, 6) is 0.758. The van der Waals surface area contributed by atoms with Gasteiger partial charge in [0, 0.05) is 30.8 Å². The second kappa shape index (κ2) is 8.27. The molecule has 3 rings (SSSR count). The number of rotatable bonds is 6. The molecule has 6 heteroatoms. The summed E-state index contributed by atoms with van der Waals surface area (Å²) >= 11 is 0. The van der Waals surface area contributed by atoms with Crippen LogP contribution in [0.4, 0.5) is 15.9 Å². The molecule has 138 valence electrons. The van der Waals surface area contributed by atoms with Gasteiger partial charge in [-0.25, -0.2) is 9.37 Å². The van der Waals surface area contributed by atoms with Crippen LogP contribution in [0.1, 0.15) is 24.1 Å². The van der Waals surface area contributed by atoms with Gasteiger partial charge >= 0.3 is 0 Å². The summed E-state index contributed by atoms with van der Waals surface area (Å²) in [6.45, 7) is 4.96. The molecule has 1 aromatic heterocycles. The van der Waals surface area contributed by atoms with Gasteiger partial charge in [0.15, 0.2) is 0 Å². The average molecular weight is 355 g/mol. The third-order valence-corrected chi connectivity index (χ3v) is 4.44. The van der Waals surface area contributed by atoms with Gasteiger partial charge in [0.05, 0.1) is 11.4 Å². The fraction of sp³-hybridized carbons (Fsp3) is 0.400. The summed E-state index contributed by atoms with van der Waals surface area (Å²) in [6, 6.07) is 10.3. The van der Waals surface area contributed by atoms with Crippen molar-refractivity contribution in [1.29, 1.82) is 0 Å². The molecule has 0 radical (unpaired) electrons. The number of nitrogens with zero attached hydrogens (tertiary/aromatic N) is 4. The van der Waals surface area contributed by atoms with Gasteiger partial charge in [0.2, 0.25) is 0 Å². The van der Waals surface area contributed by atoms with Crippen molar-refractivity contribution < 1.29 is 4.39 Å². The molecule has 0 amide bonds. The van der Waals surface area contributed by atoms with Crippen molar-refractivity contribution in [3.63, 3.8) is 0 Å². The van der Waals surface area contributed by atoms with Gasteiger partial charge in [0.1, 0.15) is 11.6 Å². The molecule has 1 N–H and O–H groups in total. The number of hydrogen-bond donors (Lipinski definition) is 1. The monoisotopic (exact) mass is 355 g/mol. The van der Waals surface area contributed by atoms with Crippen molar-refractivity contribution in [2.75, 3.05) is 44.1 Å². The first kappa shape index (κ1) is 18.3. The number of anilines is 2. The molecule has 0 bridgehead atoms. The maximum Gasteiger partial charge on any atom is 0.138 e. The van der Waals surface area contributed by atoms with Crippen LogP contribution in [0.15, 0.2) is 41.5 Å². The Balaban J connectivity index is 1.78. The third kappa shape index (κ3) is 4.58. The second-order valence-corrected chi connectivity index (χ2v) is 6.89. The zero-order chi connectivity index (χ0) is 18.5. The van der Waals surface area contributed by atoms with Crippen molar-refractivity contribution in [3.05, 3.63) is 53.5 Å². The summed E-state index contributed by atoms with van der Waals surface area (Å²) in [5.41, 5.74) is 6.88. The topological polar surface area (TPSA) is 43.8 Å². The number of fused-ring (bicyclic) bond motifs is 1. The molecule has 0 atom stereocenters. The highest BCUT2D eigenvalue weighted by Gasteiger charge is 2.23. The number of aryl methyl sites for hydroxylation is 1. The molecule has 0 saturated carbocycles. The number of benzene rings is 1. The lowest BCUT2D eigenvalue weighted by molar-refractivity contribution is 0.400. The van der Waals surface area contributed by atoms with Crippen LogP contribution in [0.5, 0.6) is 0 Å². The molecule has 0 unspecified atom stereocenters. The van der Waals surface area contributed by atoms with Crippen molar-refractivity contribution in [2.24, 2.45) is 5.10 Å². The van der Waals surface area contributed by atoms with Crippen LogP contribution in [-0.2, 0) is 0 Å². The molecule has 0 aliphatic carbocycles. The van der Waals surface area contributed by atoms with E-state index in [-0.39, 0.29) is 5.82 Å². The number of hydrazone groups is 1. The number of halogens is 1. The van der Waals surface area contributed by atoms with Crippen LogP contribution < -0.4 is 10.3 Å². The molecule has 0 fully saturated rings. The van der Waals surface area contributed by atoms with Gasteiger partial charge in [0.25, 0.3) is 0 Å². The second-order valence-electron chi connectivity index (χ2n) is 6.89. The highest BCUT2D eigenvalue weighted by atomic mass is 19.1. The third-order valence-electron chi connectivity index (χ3n) is 4.44. The summed E-state index contributed by atoms with van der Waals surface area (Å²) in [4.78, 5) is 9.32. The van der Waals surface area contributed by atoms with Crippen molar-refractivity contribution in [2.45, 2.75) is 19.8 Å².